The molecule has 0 fully saturated rings. The van der Waals surface area contributed by atoms with Gasteiger partial charge in [-0.2, -0.15) is 0 Å². The van der Waals surface area contributed by atoms with Crippen LogP contribution in [0.1, 0.15) is 49.5 Å². The molecule has 0 amide bonds. The highest BCUT2D eigenvalue weighted by Crippen LogP contribution is 2.42. The van der Waals surface area contributed by atoms with Crippen LogP contribution in [0.5, 0.6) is 0 Å². The molecule has 0 saturated carbocycles. The lowest BCUT2D eigenvalue weighted by Crippen LogP contribution is -2.27. The van der Waals surface area contributed by atoms with Gasteiger partial charge in [0, 0.05) is 24.7 Å². The topological polar surface area (TPSA) is 127 Å². The van der Waals surface area contributed by atoms with Gasteiger partial charge >= 0.3 is 17.3 Å². The van der Waals surface area contributed by atoms with Crippen LogP contribution >= 0.6 is 0 Å². The Kier molecular flexibility index (Phi) is 6.63. The van der Waals surface area contributed by atoms with Gasteiger partial charge in [-0.1, -0.05) is 20.8 Å². The summed E-state index contributed by atoms with van der Waals surface area (Å²) in [6, 6.07) is 0.932. The van der Waals surface area contributed by atoms with E-state index in [1.54, 1.807) is 11.8 Å². The molecule has 132 valence electrons. The molecule has 9 heteroatoms. The van der Waals surface area contributed by atoms with Gasteiger partial charge in [-0.15, -0.1) is 0 Å². The summed E-state index contributed by atoms with van der Waals surface area (Å²) in [6.07, 6.45) is 1.39. The number of nitro groups is 2. The third-order valence-corrected chi connectivity index (χ3v) is 3.63. The fraction of sp³-hybridized carbons (Fsp3) is 0.533. The maximum Gasteiger partial charge on any atom is 0.336 e. The Morgan fingerprint density at radius 1 is 1.12 bits per heavy atom. The first-order valence-corrected chi connectivity index (χ1v) is 7.76. The van der Waals surface area contributed by atoms with Gasteiger partial charge in [-0.25, -0.2) is 4.79 Å². The molecule has 0 unspecified atom stereocenters. The monoisotopic (exact) mass is 339 g/mol. The molecule has 0 saturated heterocycles. The van der Waals surface area contributed by atoms with E-state index in [2.05, 4.69) is 0 Å². The molecule has 9 nitrogen and oxygen atoms in total. The smallest absolute Gasteiger partial charge is 0.336 e. The lowest BCUT2D eigenvalue weighted by atomic mass is 9.99. The molecule has 0 aromatic heterocycles. The lowest BCUT2D eigenvalue weighted by molar-refractivity contribution is -0.393. The van der Waals surface area contributed by atoms with Crippen molar-refractivity contribution in [1.29, 1.82) is 0 Å². The molecule has 0 bridgehead atoms. The third kappa shape index (κ3) is 3.79. The molecule has 0 heterocycles. The van der Waals surface area contributed by atoms with Gasteiger partial charge in [-0.3, -0.25) is 20.2 Å². The Hall–Kier alpha value is -2.71. The number of benzene rings is 1. The zero-order valence-corrected chi connectivity index (χ0v) is 13.9. The highest BCUT2D eigenvalue weighted by Gasteiger charge is 2.35. The predicted octanol–water partition coefficient (Wildman–Crippen LogP) is 3.39. The fourth-order valence-corrected chi connectivity index (χ4v) is 2.76. The van der Waals surface area contributed by atoms with Gasteiger partial charge in [0.1, 0.15) is 0 Å². The maximum atomic E-state index is 11.6. The van der Waals surface area contributed by atoms with Gasteiger partial charge in [0.15, 0.2) is 5.69 Å². The number of anilines is 1. The Balaban J connectivity index is 3.90. The standard InChI is InChI=1S/C15H21N3O6/c1-4-7-16(8-5-2)14-12(17(21)22)9-11(15(19)20)10(6-3)13(14)18(23)24/h9H,4-8H2,1-3H3,(H,19,20). The second-order valence-electron chi connectivity index (χ2n) is 5.28. The lowest BCUT2D eigenvalue weighted by Gasteiger charge is -2.24. The number of carbonyl (C=O) groups is 1. The molecule has 24 heavy (non-hydrogen) atoms. The second kappa shape index (κ2) is 8.23. The van der Waals surface area contributed by atoms with E-state index in [9.17, 15) is 30.1 Å². The van der Waals surface area contributed by atoms with Crippen LogP contribution in [-0.4, -0.2) is 34.0 Å². The highest BCUT2D eigenvalue weighted by molar-refractivity contribution is 5.95. The van der Waals surface area contributed by atoms with Crippen molar-refractivity contribution < 1.29 is 19.7 Å². The summed E-state index contributed by atoms with van der Waals surface area (Å²) in [4.78, 5) is 34.6. The van der Waals surface area contributed by atoms with Crippen molar-refractivity contribution in [2.45, 2.75) is 40.0 Å². The van der Waals surface area contributed by atoms with Gasteiger partial charge in [0.25, 0.3) is 0 Å². The summed E-state index contributed by atoms with van der Waals surface area (Å²) in [6.45, 7) is 6.14. The third-order valence-electron chi connectivity index (χ3n) is 3.63. The van der Waals surface area contributed by atoms with Crippen LogP contribution in [0, 0.1) is 20.2 Å². The molecular weight excluding hydrogens is 318 g/mol. The Labute approximate surface area is 139 Å². The molecule has 1 aromatic carbocycles. The average Bonchev–Trinajstić information content (AvgIpc) is 2.51. The van der Waals surface area contributed by atoms with Crippen molar-refractivity contribution in [2.24, 2.45) is 0 Å². The van der Waals surface area contributed by atoms with Crippen LogP contribution in [0.3, 0.4) is 0 Å². The van der Waals surface area contributed by atoms with E-state index in [0.717, 1.165) is 6.07 Å². The van der Waals surface area contributed by atoms with Crippen LogP contribution in [-0.2, 0) is 6.42 Å². The maximum absolute atomic E-state index is 11.6. The van der Waals surface area contributed by atoms with E-state index >= 15 is 0 Å². The normalized spacial score (nSPS) is 10.5. The van der Waals surface area contributed by atoms with Crippen molar-refractivity contribution in [3.8, 4) is 0 Å². The Morgan fingerprint density at radius 2 is 1.67 bits per heavy atom. The largest absolute Gasteiger partial charge is 0.478 e. The van der Waals surface area contributed by atoms with Crippen molar-refractivity contribution in [2.75, 3.05) is 18.0 Å². The van der Waals surface area contributed by atoms with E-state index in [1.165, 1.54) is 0 Å². The number of carboxylic acids is 1. The van der Waals surface area contributed by atoms with Crippen LogP contribution < -0.4 is 4.90 Å². The average molecular weight is 339 g/mol. The molecule has 1 aromatic rings. The number of hydrogen-bond acceptors (Lipinski definition) is 6. The number of aromatic carboxylic acids is 1. The molecule has 0 atom stereocenters. The first kappa shape index (κ1) is 19.3. The number of rotatable bonds is 9. The highest BCUT2D eigenvalue weighted by atomic mass is 16.6. The van der Waals surface area contributed by atoms with Crippen LogP contribution in [0.4, 0.5) is 17.1 Å². The molecular formula is C15H21N3O6. The van der Waals surface area contributed by atoms with E-state index in [-0.39, 0.29) is 17.7 Å². The predicted molar refractivity (Wildman–Crippen MR) is 88.9 cm³/mol. The zero-order chi connectivity index (χ0) is 18.4. The van der Waals surface area contributed by atoms with E-state index in [4.69, 9.17) is 0 Å². The molecule has 1 rings (SSSR count). The summed E-state index contributed by atoms with van der Waals surface area (Å²) < 4.78 is 0. The minimum Gasteiger partial charge on any atom is -0.478 e. The van der Waals surface area contributed by atoms with Gasteiger partial charge in [0.2, 0.25) is 0 Å². The van der Waals surface area contributed by atoms with Gasteiger partial charge in [0.05, 0.1) is 15.4 Å². The van der Waals surface area contributed by atoms with Crippen LogP contribution in [0.15, 0.2) is 6.07 Å². The number of nitro benzene ring substituents is 2. The number of carboxylic acid groups (broad SMARTS) is 1. The molecule has 0 aliphatic carbocycles. The fourth-order valence-electron chi connectivity index (χ4n) is 2.76. The van der Waals surface area contributed by atoms with Gasteiger partial charge < -0.3 is 10.0 Å². The first-order valence-electron chi connectivity index (χ1n) is 7.76. The second-order valence-corrected chi connectivity index (χ2v) is 5.28. The number of hydrogen-bond donors (Lipinski definition) is 1. The van der Waals surface area contributed by atoms with Crippen molar-refractivity contribution in [1.82, 2.24) is 0 Å². The molecule has 0 aliphatic rings. The van der Waals surface area contributed by atoms with Crippen molar-refractivity contribution in [3.05, 3.63) is 37.4 Å². The molecule has 0 spiro atoms. The van der Waals surface area contributed by atoms with E-state index < -0.39 is 32.8 Å². The van der Waals surface area contributed by atoms with Gasteiger partial charge in [-0.05, 0) is 19.3 Å². The van der Waals surface area contributed by atoms with E-state index in [0.29, 0.717) is 25.9 Å². The van der Waals surface area contributed by atoms with E-state index in [1.807, 2.05) is 13.8 Å². The summed E-state index contributed by atoms with van der Waals surface area (Å²) >= 11 is 0. The SMILES string of the molecule is CCCN(CCC)c1c([N+](=O)[O-])cc(C(=O)O)c(CC)c1[N+](=O)[O-]. The zero-order valence-electron chi connectivity index (χ0n) is 13.9. The summed E-state index contributed by atoms with van der Waals surface area (Å²) in [5.74, 6) is -1.41. The molecule has 1 N–H and O–H groups in total. The first-order chi connectivity index (χ1) is 11.3. The Morgan fingerprint density at radius 3 is 2.00 bits per heavy atom. The Bertz CT molecular complexity index is 653. The summed E-state index contributed by atoms with van der Waals surface area (Å²) in [5.41, 5.74) is -1.52. The summed E-state index contributed by atoms with van der Waals surface area (Å²) in [7, 11) is 0. The number of nitrogens with zero attached hydrogens (tertiary/aromatic N) is 3. The minimum absolute atomic E-state index is 0.00491. The van der Waals surface area contributed by atoms with Crippen molar-refractivity contribution in [3.63, 3.8) is 0 Å². The van der Waals surface area contributed by atoms with Crippen LogP contribution in [0.2, 0.25) is 0 Å². The van der Waals surface area contributed by atoms with Crippen LogP contribution in [0.25, 0.3) is 0 Å². The minimum atomic E-state index is -1.41. The quantitative estimate of drug-likeness (QED) is 0.539. The molecule has 0 aliphatic heterocycles. The molecule has 0 radical (unpaired) electrons. The summed E-state index contributed by atoms with van der Waals surface area (Å²) in [5, 5.41) is 32.4. The van der Waals surface area contributed by atoms with Crippen molar-refractivity contribution >= 4 is 23.0 Å².